The van der Waals surface area contributed by atoms with Crippen molar-refractivity contribution in [2.24, 2.45) is 5.73 Å². The van der Waals surface area contributed by atoms with E-state index in [-0.39, 0.29) is 0 Å². The number of ether oxygens (including phenoxy) is 3. The van der Waals surface area contributed by atoms with Crippen molar-refractivity contribution in [1.29, 1.82) is 0 Å². The number of rotatable bonds is 5. The molecule has 0 radical (unpaired) electrons. The maximum absolute atomic E-state index is 6.35. The van der Waals surface area contributed by atoms with E-state index in [4.69, 9.17) is 31.5 Å². The quantitative estimate of drug-likeness (QED) is 0.919. The van der Waals surface area contributed by atoms with Gasteiger partial charge in [-0.2, -0.15) is 0 Å². The smallest absolute Gasteiger partial charge is 0.203 e. The SMILES string of the molecule is COc1ccc(C(N)c2ccccc2Cl)c(OC)c1OC. The number of benzene rings is 2. The van der Waals surface area contributed by atoms with Gasteiger partial charge in [0, 0.05) is 10.6 Å². The van der Waals surface area contributed by atoms with Gasteiger partial charge in [0.2, 0.25) is 5.75 Å². The maximum atomic E-state index is 6.35. The highest BCUT2D eigenvalue weighted by Crippen LogP contribution is 2.43. The van der Waals surface area contributed by atoms with Crippen LogP contribution in [-0.4, -0.2) is 21.3 Å². The molecule has 0 heterocycles. The molecule has 0 aromatic heterocycles. The second-order valence-electron chi connectivity index (χ2n) is 4.42. The molecule has 0 saturated heterocycles. The van der Waals surface area contributed by atoms with Crippen LogP contribution in [0.3, 0.4) is 0 Å². The molecular formula is C16H18ClNO3. The Labute approximate surface area is 129 Å². The molecule has 0 spiro atoms. The van der Waals surface area contributed by atoms with Crippen molar-refractivity contribution in [1.82, 2.24) is 0 Å². The fourth-order valence-corrected chi connectivity index (χ4v) is 2.52. The first-order valence-corrected chi connectivity index (χ1v) is 6.80. The Morgan fingerprint density at radius 3 is 2.10 bits per heavy atom. The van der Waals surface area contributed by atoms with Gasteiger partial charge in [-0.1, -0.05) is 29.8 Å². The third-order valence-electron chi connectivity index (χ3n) is 3.31. The number of halogens is 1. The second kappa shape index (κ2) is 6.70. The summed E-state index contributed by atoms with van der Waals surface area (Å²) in [4.78, 5) is 0. The maximum Gasteiger partial charge on any atom is 0.203 e. The van der Waals surface area contributed by atoms with Gasteiger partial charge >= 0.3 is 0 Å². The summed E-state index contributed by atoms with van der Waals surface area (Å²) < 4.78 is 16.1. The van der Waals surface area contributed by atoms with Crippen LogP contribution in [0.15, 0.2) is 36.4 Å². The van der Waals surface area contributed by atoms with Crippen molar-refractivity contribution < 1.29 is 14.2 Å². The molecular weight excluding hydrogens is 290 g/mol. The van der Waals surface area contributed by atoms with E-state index >= 15 is 0 Å². The molecule has 0 amide bonds. The first-order chi connectivity index (χ1) is 10.1. The minimum absolute atomic E-state index is 0.423. The van der Waals surface area contributed by atoms with Crippen LogP contribution in [0.2, 0.25) is 5.02 Å². The first kappa shape index (κ1) is 15.5. The van der Waals surface area contributed by atoms with Gasteiger partial charge in [-0.25, -0.2) is 0 Å². The molecule has 2 aromatic rings. The highest BCUT2D eigenvalue weighted by molar-refractivity contribution is 6.31. The lowest BCUT2D eigenvalue weighted by molar-refractivity contribution is 0.321. The third kappa shape index (κ3) is 2.91. The van der Waals surface area contributed by atoms with Crippen LogP contribution in [0.1, 0.15) is 17.2 Å². The summed E-state index contributed by atoms with van der Waals surface area (Å²) in [5.41, 5.74) is 7.95. The van der Waals surface area contributed by atoms with E-state index in [0.29, 0.717) is 22.3 Å². The van der Waals surface area contributed by atoms with Gasteiger partial charge in [0.25, 0.3) is 0 Å². The predicted molar refractivity (Wildman–Crippen MR) is 83.6 cm³/mol. The molecule has 0 bridgehead atoms. The molecule has 21 heavy (non-hydrogen) atoms. The number of hydrogen-bond donors (Lipinski definition) is 1. The van der Waals surface area contributed by atoms with Crippen LogP contribution >= 0.6 is 11.6 Å². The average molecular weight is 308 g/mol. The average Bonchev–Trinajstić information content (AvgIpc) is 2.52. The highest BCUT2D eigenvalue weighted by atomic mass is 35.5. The van der Waals surface area contributed by atoms with Crippen LogP contribution in [0.25, 0.3) is 0 Å². The van der Waals surface area contributed by atoms with E-state index in [0.717, 1.165) is 11.1 Å². The topological polar surface area (TPSA) is 53.7 Å². The van der Waals surface area contributed by atoms with Gasteiger partial charge in [-0.15, -0.1) is 0 Å². The molecule has 5 heteroatoms. The van der Waals surface area contributed by atoms with Gasteiger partial charge < -0.3 is 19.9 Å². The predicted octanol–water partition coefficient (Wildman–Crippen LogP) is 3.41. The molecule has 2 rings (SSSR count). The monoisotopic (exact) mass is 307 g/mol. The molecule has 0 aliphatic carbocycles. The van der Waals surface area contributed by atoms with Crippen LogP contribution in [0, 0.1) is 0 Å². The van der Waals surface area contributed by atoms with Gasteiger partial charge in [-0.3, -0.25) is 0 Å². The van der Waals surface area contributed by atoms with Crippen LogP contribution in [-0.2, 0) is 0 Å². The van der Waals surface area contributed by atoms with E-state index in [9.17, 15) is 0 Å². The highest BCUT2D eigenvalue weighted by Gasteiger charge is 2.22. The number of nitrogens with two attached hydrogens (primary N) is 1. The molecule has 2 N–H and O–H groups in total. The number of methoxy groups -OCH3 is 3. The van der Waals surface area contributed by atoms with Crippen molar-refractivity contribution >= 4 is 11.6 Å². The minimum Gasteiger partial charge on any atom is -0.493 e. The van der Waals surface area contributed by atoms with Crippen molar-refractivity contribution in [2.75, 3.05) is 21.3 Å². The van der Waals surface area contributed by atoms with E-state index in [1.54, 1.807) is 27.4 Å². The zero-order chi connectivity index (χ0) is 15.4. The van der Waals surface area contributed by atoms with Crippen LogP contribution in [0.4, 0.5) is 0 Å². The summed E-state index contributed by atoms with van der Waals surface area (Å²) in [6, 6.07) is 10.7. The molecule has 0 aliphatic heterocycles. The van der Waals surface area contributed by atoms with E-state index in [1.165, 1.54) is 0 Å². The van der Waals surface area contributed by atoms with E-state index < -0.39 is 6.04 Å². The molecule has 0 aliphatic rings. The molecule has 4 nitrogen and oxygen atoms in total. The fourth-order valence-electron chi connectivity index (χ4n) is 2.26. The van der Waals surface area contributed by atoms with Crippen molar-refractivity contribution in [3.8, 4) is 17.2 Å². The minimum atomic E-state index is -0.423. The van der Waals surface area contributed by atoms with E-state index in [1.807, 2.05) is 30.3 Å². The summed E-state index contributed by atoms with van der Waals surface area (Å²) >= 11 is 6.22. The Hall–Kier alpha value is -1.91. The summed E-state index contributed by atoms with van der Waals surface area (Å²) in [6.07, 6.45) is 0. The normalized spacial score (nSPS) is 11.9. The number of hydrogen-bond acceptors (Lipinski definition) is 4. The van der Waals surface area contributed by atoms with E-state index in [2.05, 4.69) is 0 Å². The largest absolute Gasteiger partial charge is 0.493 e. The molecule has 0 saturated carbocycles. The summed E-state index contributed by atoms with van der Waals surface area (Å²) in [5.74, 6) is 1.65. The molecule has 1 atom stereocenters. The van der Waals surface area contributed by atoms with Gasteiger partial charge in [0.05, 0.1) is 27.4 Å². The Balaban J connectivity index is 2.56. The van der Waals surface area contributed by atoms with Crippen molar-refractivity contribution in [3.05, 3.63) is 52.5 Å². The molecule has 112 valence electrons. The summed E-state index contributed by atoms with van der Waals surface area (Å²) in [7, 11) is 4.70. The van der Waals surface area contributed by atoms with Crippen molar-refractivity contribution in [3.63, 3.8) is 0 Å². The van der Waals surface area contributed by atoms with Crippen molar-refractivity contribution in [2.45, 2.75) is 6.04 Å². The second-order valence-corrected chi connectivity index (χ2v) is 4.83. The zero-order valence-electron chi connectivity index (χ0n) is 12.2. The standard InChI is InChI=1S/C16H18ClNO3/c1-19-13-9-8-11(15(20-2)16(13)21-3)14(18)10-6-4-5-7-12(10)17/h4-9,14H,18H2,1-3H3. The molecule has 0 fully saturated rings. The molecule has 1 unspecified atom stereocenters. The Morgan fingerprint density at radius 1 is 0.857 bits per heavy atom. The lowest BCUT2D eigenvalue weighted by Crippen LogP contribution is -2.14. The molecule has 2 aromatic carbocycles. The van der Waals surface area contributed by atoms with Crippen LogP contribution in [0.5, 0.6) is 17.2 Å². The van der Waals surface area contributed by atoms with Gasteiger partial charge in [0.15, 0.2) is 11.5 Å². The van der Waals surface area contributed by atoms with Crippen LogP contribution < -0.4 is 19.9 Å². The first-order valence-electron chi connectivity index (χ1n) is 6.42. The third-order valence-corrected chi connectivity index (χ3v) is 3.65. The Kier molecular flexibility index (Phi) is 4.94. The fraction of sp³-hybridized carbons (Fsp3) is 0.250. The lowest BCUT2D eigenvalue weighted by Gasteiger charge is -2.20. The Morgan fingerprint density at radius 2 is 1.52 bits per heavy atom. The summed E-state index contributed by atoms with van der Waals surface area (Å²) in [5, 5.41) is 0.613. The zero-order valence-corrected chi connectivity index (χ0v) is 13.0. The summed E-state index contributed by atoms with van der Waals surface area (Å²) in [6.45, 7) is 0. The van der Waals surface area contributed by atoms with Gasteiger partial charge in [0.1, 0.15) is 0 Å². The van der Waals surface area contributed by atoms with Gasteiger partial charge in [-0.05, 0) is 23.8 Å². The lowest BCUT2D eigenvalue weighted by atomic mass is 9.98. The Bertz CT molecular complexity index is 631.